The number of carboxylic acids is 1. The van der Waals surface area contributed by atoms with Crippen LogP contribution in [0.3, 0.4) is 0 Å². The van der Waals surface area contributed by atoms with Gasteiger partial charge in [0.1, 0.15) is 0 Å². The van der Waals surface area contributed by atoms with E-state index in [9.17, 15) is 14.9 Å². The third kappa shape index (κ3) is 4.48. The lowest BCUT2D eigenvalue weighted by molar-refractivity contribution is -0.385. The molecule has 1 aromatic carbocycles. The Labute approximate surface area is 125 Å². The van der Waals surface area contributed by atoms with Crippen molar-refractivity contribution < 1.29 is 19.6 Å². The van der Waals surface area contributed by atoms with Crippen LogP contribution in [0.25, 0.3) is 0 Å². The Balaban J connectivity index is 2.59. The van der Waals surface area contributed by atoms with Crippen LogP contribution in [-0.4, -0.2) is 22.6 Å². The highest BCUT2D eigenvalue weighted by Gasteiger charge is 2.26. The Morgan fingerprint density at radius 2 is 2.15 bits per heavy atom. The molecular weight excluding hydrogens is 330 g/mol. The molecule has 6 nitrogen and oxygen atoms in total. The number of hydrogen-bond donors (Lipinski definition) is 1. The molecule has 1 aromatic rings. The fraction of sp³-hybridized carbons (Fsp3) is 0.462. The smallest absolute Gasteiger partial charge is 0.312 e. The predicted molar refractivity (Wildman–Crippen MR) is 76.9 cm³/mol. The summed E-state index contributed by atoms with van der Waals surface area (Å²) < 4.78 is 5.97. The van der Waals surface area contributed by atoms with Crippen LogP contribution in [0.15, 0.2) is 22.7 Å². The maximum atomic E-state index is 10.9. The lowest BCUT2D eigenvalue weighted by Crippen LogP contribution is -2.24. The highest BCUT2D eigenvalue weighted by atomic mass is 79.9. The second-order valence-electron chi connectivity index (χ2n) is 5.01. The molecule has 0 atom stereocenters. The molecule has 20 heavy (non-hydrogen) atoms. The average molecular weight is 346 g/mol. The van der Waals surface area contributed by atoms with E-state index in [1.807, 2.05) is 0 Å². The number of nitro groups is 1. The van der Waals surface area contributed by atoms with Gasteiger partial charge in [0.15, 0.2) is 5.75 Å². The normalized spacial score (nSPS) is 11.2. The van der Waals surface area contributed by atoms with Crippen LogP contribution in [0.5, 0.6) is 5.75 Å². The number of hydrogen-bond acceptors (Lipinski definition) is 4. The fourth-order valence-corrected chi connectivity index (χ4v) is 1.91. The molecule has 0 bridgehead atoms. The van der Waals surface area contributed by atoms with Crippen molar-refractivity contribution in [1.82, 2.24) is 0 Å². The van der Waals surface area contributed by atoms with Crippen molar-refractivity contribution in [2.45, 2.75) is 26.7 Å². The van der Waals surface area contributed by atoms with Crippen molar-refractivity contribution in [2.75, 3.05) is 6.61 Å². The number of halogens is 1. The van der Waals surface area contributed by atoms with E-state index in [0.29, 0.717) is 17.3 Å². The van der Waals surface area contributed by atoms with Gasteiger partial charge in [-0.05, 0) is 38.8 Å². The van der Waals surface area contributed by atoms with Crippen molar-refractivity contribution in [3.8, 4) is 5.75 Å². The molecule has 0 aromatic heterocycles. The topological polar surface area (TPSA) is 89.7 Å². The lowest BCUT2D eigenvalue weighted by atomic mass is 9.88. The molecular formula is C13H16BrNO5. The number of nitro benzene ring substituents is 1. The van der Waals surface area contributed by atoms with E-state index in [-0.39, 0.29) is 18.0 Å². The second kappa shape index (κ2) is 6.69. The third-order valence-electron chi connectivity index (χ3n) is 2.90. The Bertz CT molecular complexity index is 515. The number of aliphatic carboxylic acids is 1. The van der Waals surface area contributed by atoms with Gasteiger partial charge in [-0.2, -0.15) is 0 Å². The molecule has 0 saturated heterocycles. The summed E-state index contributed by atoms with van der Waals surface area (Å²) in [5.41, 5.74) is -0.938. The number of nitrogens with zero attached hydrogens (tertiary/aromatic N) is 1. The van der Waals surface area contributed by atoms with E-state index < -0.39 is 16.3 Å². The largest absolute Gasteiger partial charge is 0.487 e. The monoisotopic (exact) mass is 345 g/mol. The van der Waals surface area contributed by atoms with Crippen LogP contribution in [0.4, 0.5) is 5.69 Å². The number of carbonyl (C=O) groups is 1. The zero-order valence-electron chi connectivity index (χ0n) is 11.3. The third-order valence-corrected chi connectivity index (χ3v) is 3.39. The molecule has 1 N–H and O–H groups in total. The summed E-state index contributed by atoms with van der Waals surface area (Å²) >= 11 is 3.16. The predicted octanol–water partition coefficient (Wildman–Crippen LogP) is 3.63. The van der Waals surface area contributed by atoms with Crippen molar-refractivity contribution in [3.05, 3.63) is 32.8 Å². The molecule has 0 unspecified atom stereocenters. The summed E-state index contributed by atoms with van der Waals surface area (Å²) in [4.78, 5) is 21.3. The van der Waals surface area contributed by atoms with Gasteiger partial charge in [-0.15, -0.1) is 0 Å². The van der Waals surface area contributed by atoms with Gasteiger partial charge in [0, 0.05) is 10.5 Å². The maximum Gasteiger partial charge on any atom is 0.312 e. The lowest BCUT2D eigenvalue weighted by Gasteiger charge is -2.18. The minimum absolute atomic E-state index is 0.114. The first-order valence-electron chi connectivity index (χ1n) is 6.04. The molecule has 0 spiro atoms. The van der Waals surface area contributed by atoms with Crippen LogP contribution in [0.2, 0.25) is 0 Å². The Morgan fingerprint density at radius 1 is 1.50 bits per heavy atom. The summed E-state index contributed by atoms with van der Waals surface area (Å²) in [6.07, 6.45) is 0.944. The van der Waals surface area contributed by atoms with Gasteiger partial charge < -0.3 is 9.84 Å². The molecule has 0 saturated carbocycles. The van der Waals surface area contributed by atoms with Gasteiger partial charge in [0.2, 0.25) is 0 Å². The number of ether oxygens (including phenoxy) is 1. The van der Waals surface area contributed by atoms with Crippen LogP contribution in [0.1, 0.15) is 26.7 Å². The fourth-order valence-electron chi connectivity index (χ4n) is 1.56. The standard InChI is InChI=1S/C13H16BrNO5/c1-13(2,12(16)17)6-3-7-20-11-5-4-9(14)8-10(11)15(18)19/h4-5,8H,3,6-7H2,1-2H3,(H,16,17). The molecule has 0 radical (unpaired) electrons. The van der Waals surface area contributed by atoms with Crippen molar-refractivity contribution in [3.63, 3.8) is 0 Å². The minimum Gasteiger partial charge on any atom is -0.487 e. The summed E-state index contributed by atoms with van der Waals surface area (Å²) in [6.45, 7) is 3.51. The first-order chi connectivity index (χ1) is 9.24. The summed E-state index contributed by atoms with van der Waals surface area (Å²) in [5.74, 6) is -0.682. The SMILES string of the molecule is CC(C)(CCCOc1ccc(Br)cc1[N+](=O)[O-])C(=O)O. The van der Waals surface area contributed by atoms with E-state index in [2.05, 4.69) is 15.9 Å². The van der Waals surface area contributed by atoms with Crippen molar-refractivity contribution in [2.24, 2.45) is 5.41 Å². The minimum atomic E-state index is -0.868. The molecule has 0 amide bonds. The van der Waals surface area contributed by atoms with Crippen molar-refractivity contribution >= 4 is 27.6 Å². The molecule has 0 heterocycles. The van der Waals surface area contributed by atoms with Crippen LogP contribution in [-0.2, 0) is 4.79 Å². The number of rotatable bonds is 7. The van der Waals surface area contributed by atoms with Gasteiger partial charge >= 0.3 is 11.7 Å². The Kier molecular flexibility index (Phi) is 5.50. The maximum absolute atomic E-state index is 10.9. The number of benzene rings is 1. The molecule has 0 aliphatic carbocycles. The first-order valence-corrected chi connectivity index (χ1v) is 6.83. The van der Waals surface area contributed by atoms with Crippen molar-refractivity contribution in [1.29, 1.82) is 0 Å². The quantitative estimate of drug-likeness (QED) is 0.463. The van der Waals surface area contributed by atoms with E-state index in [4.69, 9.17) is 9.84 Å². The number of carboxylic acid groups (broad SMARTS) is 1. The zero-order valence-corrected chi connectivity index (χ0v) is 12.8. The average Bonchev–Trinajstić information content (AvgIpc) is 2.35. The second-order valence-corrected chi connectivity index (χ2v) is 5.93. The van der Waals surface area contributed by atoms with E-state index >= 15 is 0 Å². The Morgan fingerprint density at radius 3 is 2.70 bits per heavy atom. The van der Waals surface area contributed by atoms with Gasteiger partial charge in [-0.25, -0.2) is 0 Å². The van der Waals surface area contributed by atoms with E-state index in [1.54, 1.807) is 19.9 Å². The molecule has 7 heteroatoms. The summed E-state index contributed by atoms with van der Waals surface area (Å²) in [5, 5.41) is 19.9. The van der Waals surface area contributed by atoms with Crippen LogP contribution in [0, 0.1) is 15.5 Å². The highest BCUT2D eigenvalue weighted by molar-refractivity contribution is 9.10. The molecule has 0 fully saturated rings. The Hall–Kier alpha value is -1.63. The zero-order chi connectivity index (χ0) is 15.3. The van der Waals surface area contributed by atoms with Crippen LogP contribution < -0.4 is 4.74 Å². The summed E-state index contributed by atoms with van der Waals surface area (Å²) in [6, 6.07) is 4.55. The van der Waals surface area contributed by atoms with E-state index in [1.165, 1.54) is 12.1 Å². The molecule has 0 aliphatic heterocycles. The van der Waals surface area contributed by atoms with Crippen LogP contribution >= 0.6 is 15.9 Å². The molecule has 0 aliphatic rings. The molecule has 1 rings (SSSR count). The highest BCUT2D eigenvalue weighted by Crippen LogP contribution is 2.30. The first kappa shape index (κ1) is 16.4. The summed E-state index contributed by atoms with van der Waals surface area (Å²) in [7, 11) is 0. The van der Waals surface area contributed by atoms with Gasteiger partial charge in [0.25, 0.3) is 0 Å². The van der Waals surface area contributed by atoms with Gasteiger partial charge in [0.05, 0.1) is 16.9 Å². The van der Waals surface area contributed by atoms with Gasteiger partial charge in [-0.3, -0.25) is 14.9 Å². The van der Waals surface area contributed by atoms with Gasteiger partial charge in [-0.1, -0.05) is 15.9 Å². The molecule has 110 valence electrons. The van der Waals surface area contributed by atoms with E-state index in [0.717, 1.165) is 0 Å².